The zero-order chi connectivity index (χ0) is 22.1. The Labute approximate surface area is 186 Å². The third kappa shape index (κ3) is 4.44. The first-order chi connectivity index (χ1) is 15.6. The molecule has 0 radical (unpaired) electrons. The summed E-state index contributed by atoms with van der Waals surface area (Å²) in [4.78, 5) is 18.9. The zero-order valence-corrected chi connectivity index (χ0v) is 18.0. The number of aliphatic hydroxyl groups excluding tert-OH is 1. The molecule has 1 aliphatic carbocycles. The van der Waals surface area contributed by atoms with Gasteiger partial charge in [-0.2, -0.15) is 0 Å². The number of hydrogen-bond acceptors (Lipinski definition) is 8. The number of carbonyl (C=O) groups is 1. The van der Waals surface area contributed by atoms with E-state index >= 15 is 0 Å². The Bertz CT molecular complexity index is 996. The fraction of sp³-hybridized carbons (Fsp3) is 0.478. The van der Waals surface area contributed by atoms with E-state index in [1.54, 1.807) is 31.4 Å². The molecule has 0 bridgehead atoms. The number of nitrogens with one attached hydrogen (secondary N) is 1. The van der Waals surface area contributed by atoms with Gasteiger partial charge < -0.3 is 29.4 Å². The molecule has 2 aliphatic heterocycles. The van der Waals surface area contributed by atoms with Crippen LogP contribution in [0.25, 0.3) is 0 Å². The molecule has 1 saturated heterocycles. The maximum absolute atomic E-state index is 13.1. The van der Waals surface area contributed by atoms with E-state index in [1.807, 2.05) is 0 Å². The van der Waals surface area contributed by atoms with Crippen LogP contribution in [0.15, 0.2) is 30.5 Å². The normalized spacial score (nSPS) is 22.3. The molecule has 2 atom stereocenters. The smallest absolute Gasteiger partial charge is 0.266 e. The van der Waals surface area contributed by atoms with Gasteiger partial charge in [0.2, 0.25) is 5.88 Å². The zero-order valence-electron chi connectivity index (χ0n) is 18.0. The summed E-state index contributed by atoms with van der Waals surface area (Å²) in [6.45, 7) is 1.72. The van der Waals surface area contributed by atoms with Gasteiger partial charge in [-0.25, -0.2) is 4.98 Å². The fourth-order valence-electron chi connectivity index (χ4n) is 3.85. The maximum atomic E-state index is 13.1. The summed E-state index contributed by atoms with van der Waals surface area (Å²) in [5, 5.41) is 12.8. The van der Waals surface area contributed by atoms with E-state index in [1.165, 1.54) is 23.9 Å². The van der Waals surface area contributed by atoms with Gasteiger partial charge in [0.15, 0.2) is 18.2 Å². The number of rotatable bonds is 8. The first kappa shape index (κ1) is 20.8. The van der Waals surface area contributed by atoms with Crippen molar-refractivity contribution < 1.29 is 28.8 Å². The van der Waals surface area contributed by atoms with Gasteiger partial charge in [-0.1, -0.05) is 0 Å². The number of fused-ring (bicyclic) bond motifs is 1. The number of benzene rings is 1. The van der Waals surface area contributed by atoms with Crippen molar-refractivity contribution in [2.45, 2.75) is 31.4 Å². The highest BCUT2D eigenvalue weighted by molar-refractivity contribution is 6.08. The van der Waals surface area contributed by atoms with E-state index in [-0.39, 0.29) is 24.8 Å². The average molecular weight is 441 g/mol. The quantitative estimate of drug-likeness (QED) is 0.641. The molecule has 3 aliphatic rings. The first-order valence-corrected chi connectivity index (χ1v) is 10.9. The van der Waals surface area contributed by atoms with Crippen LogP contribution in [0.4, 0.5) is 5.69 Å². The number of pyridine rings is 1. The molecular weight excluding hydrogens is 414 g/mol. The van der Waals surface area contributed by atoms with Crippen molar-refractivity contribution in [3.63, 3.8) is 0 Å². The summed E-state index contributed by atoms with van der Waals surface area (Å²) < 4.78 is 22.9. The largest absolute Gasteiger partial charge is 0.493 e. The van der Waals surface area contributed by atoms with Gasteiger partial charge in [0.1, 0.15) is 17.9 Å². The second-order valence-electron chi connectivity index (χ2n) is 8.42. The number of ether oxygens (including phenoxy) is 4. The minimum Gasteiger partial charge on any atom is -0.493 e. The Kier molecular flexibility index (Phi) is 5.75. The molecule has 1 aromatic carbocycles. The van der Waals surface area contributed by atoms with Crippen molar-refractivity contribution >= 4 is 11.6 Å². The molecule has 32 heavy (non-hydrogen) atoms. The molecule has 2 fully saturated rings. The van der Waals surface area contributed by atoms with E-state index in [2.05, 4.69) is 10.3 Å². The highest BCUT2D eigenvalue weighted by Crippen LogP contribution is 2.36. The number of anilines is 1. The Morgan fingerprint density at radius 2 is 2.09 bits per heavy atom. The van der Waals surface area contributed by atoms with Crippen molar-refractivity contribution in [3.8, 4) is 23.1 Å². The van der Waals surface area contributed by atoms with Crippen LogP contribution in [0, 0.1) is 5.92 Å². The molecule has 0 unspecified atom stereocenters. The summed E-state index contributed by atoms with van der Waals surface area (Å²) in [6, 6.07) is 7.09. The van der Waals surface area contributed by atoms with Crippen LogP contribution >= 0.6 is 0 Å². The van der Waals surface area contributed by atoms with Gasteiger partial charge in [0, 0.05) is 30.9 Å². The van der Waals surface area contributed by atoms with Crippen LogP contribution in [0.5, 0.6) is 23.1 Å². The van der Waals surface area contributed by atoms with Crippen molar-refractivity contribution in [2.75, 3.05) is 38.5 Å². The van der Waals surface area contributed by atoms with Crippen LogP contribution in [0.1, 0.15) is 29.6 Å². The summed E-state index contributed by atoms with van der Waals surface area (Å²) in [6.07, 6.45) is 4.21. The third-order valence-electron chi connectivity index (χ3n) is 5.93. The van der Waals surface area contributed by atoms with Crippen molar-refractivity contribution in [3.05, 3.63) is 36.0 Å². The van der Waals surface area contributed by atoms with Crippen LogP contribution in [0.2, 0.25) is 0 Å². The van der Waals surface area contributed by atoms with E-state index < -0.39 is 0 Å². The van der Waals surface area contributed by atoms with Gasteiger partial charge >= 0.3 is 0 Å². The average Bonchev–Trinajstić information content (AvgIpc) is 3.55. The minimum atomic E-state index is -0.337. The van der Waals surface area contributed by atoms with E-state index in [0.29, 0.717) is 66.5 Å². The third-order valence-corrected chi connectivity index (χ3v) is 5.93. The Morgan fingerprint density at radius 1 is 1.22 bits per heavy atom. The number of carbonyl (C=O) groups excluding carboxylic acids is 1. The number of hydrogen-bond donors (Lipinski definition) is 2. The monoisotopic (exact) mass is 441 g/mol. The van der Waals surface area contributed by atoms with Crippen molar-refractivity contribution in [1.29, 1.82) is 0 Å². The molecule has 1 amide bonds. The fourth-order valence-corrected chi connectivity index (χ4v) is 3.85. The molecule has 1 aromatic heterocycles. The van der Waals surface area contributed by atoms with Crippen LogP contribution in [-0.4, -0.2) is 61.7 Å². The molecule has 2 N–H and O–H groups in total. The predicted octanol–water partition coefficient (Wildman–Crippen LogP) is 1.98. The van der Waals surface area contributed by atoms with E-state index in [4.69, 9.17) is 18.9 Å². The molecule has 0 spiro atoms. The van der Waals surface area contributed by atoms with E-state index in [0.717, 1.165) is 0 Å². The van der Waals surface area contributed by atoms with Crippen LogP contribution in [-0.2, 0) is 0 Å². The number of amides is 1. The Balaban J connectivity index is 1.27. The lowest BCUT2D eigenvalue weighted by Crippen LogP contribution is -2.38. The summed E-state index contributed by atoms with van der Waals surface area (Å²) in [5.41, 5.74) is 1.02. The lowest BCUT2D eigenvalue weighted by molar-refractivity contribution is 0.0936. The van der Waals surface area contributed by atoms with Crippen molar-refractivity contribution in [2.24, 2.45) is 5.92 Å². The highest BCUT2D eigenvalue weighted by Gasteiger charge is 2.29. The number of methoxy groups -OCH3 is 1. The van der Waals surface area contributed by atoms with Gasteiger partial charge in [-0.15, -0.1) is 0 Å². The van der Waals surface area contributed by atoms with Crippen LogP contribution < -0.4 is 29.2 Å². The number of aromatic nitrogens is 1. The number of aliphatic hydroxyl groups is 1. The van der Waals surface area contributed by atoms with Gasteiger partial charge in [-0.05, 0) is 37.3 Å². The lowest BCUT2D eigenvalue weighted by atomic mass is 10.1. The molecule has 1 saturated carbocycles. The predicted molar refractivity (Wildman–Crippen MR) is 116 cm³/mol. The van der Waals surface area contributed by atoms with Gasteiger partial charge in [-0.3, -0.25) is 9.69 Å². The number of β-amino-alcohol motifs (C(OH)–C–C–N with tert-alkyl or cyclic N) is 1. The second kappa shape index (κ2) is 8.84. The lowest BCUT2D eigenvalue weighted by Gasteiger charge is -2.29. The standard InChI is InChI=1S/C23H27N3O6/c1-29-21-7-16(4-5-19(21)30-12-15-6-17(27)9-24-15)26-13-32-20-8-22(31-11-14-2-3-14)25-10-18(20)23(26)28/h4-5,7-8,10,14-15,17,24,27H,2-3,6,9,11-13H2,1H3/t15-,17+/m1/s1. The summed E-state index contributed by atoms with van der Waals surface area (Å²) in [7, 11) is 1.56. The SMILES string of the molecule is COc1cc(N2COc3cc(OCC4CC4)ncc3C2=O)ccc1OC[C@H]1C[C@H](O)CN1. The molecule has 5 rings (SSSR count). The number of nitrogens with zero attached hydrogens (tertiary/aromatic N) is 2. The first-order valence-electron chi connectivity index (χ1n) is 10.9. The maximum Gasteiger partial charge on any atom is 0.266 e. The summed E-state index contributed by atoms with van der Waals surface area (Å²) >= 11 is 0. The van der Waals surface area contributed by atoms with Crippen molar-refractivity contribution in [1.82, 2.24) is 10.3 Å². The minimum absolute atomic E-state index is 0.0746. The molecule has 9 heteroatoms. The second-order valence-corrected chi connectivity index (χ2v) is 8.42. The topological polar surface area (TPSA) is 102 Å². The molecule has 3 heterocycles. The van der Waals surface area contributed by atoms with Gasteiger partial charge in [0.05, 0.1) is 25.5 Å². The Morgan fingerprint density at radius 3 is 2.84 bits per heavy atom. The van der Waals surface area contributed by atoms with Gasteiger partial charge in [0.25, 0.3) is 5.91 Å². The van der Waals surface area contributed by atoms with Crippen LogP contribution in [0.3, 0.4) is 0 Å². The highest BCUT2D eigenvalue weighted by atomic mass is 16.5. The molecule has 170 valence electrons. The Hall–Kier alpha value is -3.04. The molecule has 9 nitrogen and oxygen atoms in total. The van der Waals surface area contributed by atoms with E-state index in [9.17, 15) is 9.90 Å². The molecular formula is C23H27N3O6. The molecule has 2 aromatic rings. The summed E-state index contributed by atoms with van der Waals surface area (Å²) in [5.74, 6) is 2.46.